The average Bonchev–Trinajstić information content (AvgIpc) is 3.97. The topological polar surface area (TPSA) is 34.5 Å². The molecule has 4 nitrogen and oxygen atoms in total. The summed E-state index contributed by atoms with van der Waals surface area (Å²) >= 11 is 0. The van der Waals surface area contributed by atoms with Crippen molar-refractivity contribution in [3.8, 4) is 27.9 Å². The molecule has 11 aromatic rings. The van der Waals surface area contributed by atoms with E-state index in [2.05, 4.69) is 190 Å². The van der Waals surface area contributed by atoms with E-state index in [1.807, 2.05) is 0 Å². The van der Waals surface area contributed by atoms with Crippen molar-refractivity contribution >= 4 is 94.8 Å². The van der Waals surface area contributed by atoms with Crippen LogP contribution in [0.15, 0.2) is 154 Å². The van der Waals surface area contributed by atoms with Crippen molar-refractivity contribution in [1.82, 2.24) is 4.57 Å². The van der Waals surface area contributed by atoms with Gasteiger partial charge in [0.25, 0.3) is 0 Å². The summed E-state index contributed by atoms with van der Waals surface area (Å²) in [6, 6.07) is 54.5. The summed E-state index contributed by atoms with van der Waals surface area (Å²) < 4.78 is 15.8. The normalized spacial score (nSPS) is 14.8. The summed E-state index contributed by atoms with van der Waals surface area (Å²) in [5.41, 5.74) is 21.4. The molecule has 0 N–H and O–H groups in total. The first-order valence-electron chi connectivity index (χ1n) is 21.2. The van der Waals surface area contributed by atoms with Crippen molar-refractivity contribution in [2.24, 2.45) is 0 Å². The number of benzene rings is 8. The van der Waals surface area contributed by atoms with Crippen LogP contribution in [0.1, 0.15) is 51.3 Å². The minimum atomic E-state index is -0.158. The van der Waals surface area contributed by atoms with Crippen LogP contribution in [-0.2, 0) is 10.8 Å². The Morgan fingerprint density at radius 2 is 1.18 bits per heavy atom. The molecule has 8 aromatic carbocycles. The maximum atomic E-state index is 6.62. The number of furan rings is 2. The highest BCUT2D eigenvalue weighted by molar-refractivity contribution is 6.93. The summed E-state index contributed by atoms with van der Waals surface area (Å²) in [5, 5.41) is 6.99. The molecule has 1 aliphatic carbocycles. The Labute approximate surface area is 347 Å². The van der Waals surface area contributed by atoms with E-state index >= 15 is 0 Å². The Bertz CT molecular complexity index is 3740. The number of aromatic nitrogens is 1. The summed E-state index contributed by atoms with van der Waals surface area (Å²) in [7, 11) is 0. The number of fused-ring (bicyclic) bond motifs is 17. The molecule has 2 aliphatic heterocycles. The predicted octanol–water partition coefficient (Wildman–Crippen LogP) is 13.4. The molecule has 60 heavy (non-hydrogen) atoms. The molecule has 0 atom stereocenters. The molecule has 14 rings (SSSR count). The van der Waals surface area contributed by atoms with Gasteiger partial charge in [-0.1, -0.05) is 126 Å². The molecule has 3 aromatic heterocycles. The van der Waals surface area contributed by atoms with Gasteiger partial charge in [-0.15, -0.1) is 0 Å². The molecular formula is C55H39BN2O2. The fraction of sp³-hybridized carbons (Fsp3) is 0.127. The lowest BCUT2D eigenvalue weighted by Gasteiger charge is -2.42. The number of nitrogens with zero attached hydrogens (tertiary/aromatic N) is 2. The Morgan fingerprint density at radius 1 is 0.500 bits per heavy atom. The van der Waals surface area contributed by atoms with Gasteiger partial charge in [-0.2, -0.15) is 0 Å². The zero-order valence-electron chi connectivity index (χ0n) is 34.1. The Hall–Kier alpha value is -6.98. The second kappa shape index (κ2) is 10.8. The van der Waals surface area contributed by atoms with Crippen LogP contribution >= 0.6 is 0 Å². The van der Waals surface area contributed by atoms with Gasteiger partial charge >= 0.3 is 6.85 Å². The molecule has 0 radical (unpaired) electrons. The van der Waals surface area contributed by atoms with E-state index in [0.29, 0.717) is 0 Å². The highest BCUT2D eigenvalue weighted by Crippen LogP contribution is 2.52. The zero-order chi connectivity index (χ0) is 40.0. The van der Waals surface area contributed by atoms with Gasteiger partial charge in [-0.05, 0) is 104 Å². The molecule has 0 saturated carbocycles. The third kappa shape index (κ3) is 3.98. The first kappa shape index (κ1) is 32.9. The summed E-state index contributed by atoms with van der Waals surface area (Å²) in [4.78, 5) is 2.64. The maximum absolute atomic E-state index is 6.62. The van der Waals surface area contributed by atoms with Crippen LogP contribution in [0.3, 0.4) is 0 Å². The smallest absolute Gasteiger partial charge is 0.333 e. The second-order valence-electron chi connectivity index (χ2n) is 18.9. The lowest BCUT2D eigenvalue weighted by Crippen LogP contribution is -2.60. The van der Waals surface area contributed by atoms with Crippen molar-refractivity contribution in [3.05, 3.63) is 162 Å². The third-order valence-corrected chi connectivity index (χ3v) is 14.3. The second-order valence-corrected chi connectivity index (χ2v) is 18.9. The summed E-state index contributed by atoms with van der Waals surface area (Å²) in [6.45, 7) is 11.6. The van der Waals surface area contributed by atoms with Crippen LogP contribution in [0, 0.1) is 0 Å². The van der Waals surface area contributed by atoms with Crippen molar-refractivity contribution in [1.29, 1.82) is 0 Å². The first-order chi connectivity index (χ1) is 29.1. The van der Waals surface area contributed by atoms with E-state index in [1.54, 1.807) is 0 Å². The molecule has 0 fully saturated rings. The Morgan fingerprint density at radius 3 is 1.93 bits per heavy atom. The summed E-state index contributed by atoms with van der Waals surface area (Å²) in [5.74, 6) is 0. The van der Waals surface area contributed by atoms with Crippen molar-refractivity contribution in [2.45, 2.75) is 45.4 Å². The van der Waals surface area contributed by atoms with Gasteiger partial charge < -0.3 is 18.2 Å². The lowest BCUT2D eigenvalue weighted by atomic mass is 9.43. The fourth-order valence-corrected chi connectivity index (χ4v) is 11.4. The molecule has 0 bridgehead atoms. The van der Waals surface area contributed by atoms with Gasteiger partial charge in [0.05, 0.1) is 11.0 Å². The maximum Gasteiger partial charge on any atom is 0.333 e. The largest absolute Gasteiger partial charge is 0.456 e. The van der Waals surface area contributed by atoms with Gasteiger partial charge in [0.15, 0.2) is 0 Å². The predicted molar refractivity (Wildman–Crippen MR) is 251 cm³/mol. The van der Waals surface area contributed by atoms with Crippen LogP contribution < -0.4 is 15.7 Å². The van der Waals surface area contributed by atoms with E-state index in [-0.39, 0.29) is 17.7 Å². The Kier molecular flexibility index (Phi) is 5.92. The van der Waals surface area contributed by atoms with Crippen molar-refractivity contribution < 1.29 is 8.83 Å². The van der Waals surface area contributed by atoms with Crippen molar-refractivity contribution in [3.63, 3.8) is 0 Å². The molecular weight excluding hydrogens is 731 g/mol. The van der Waals surface area contributed by atoms with Gasteiger partial charge in [-0.25, -0.2) is 0 Å². The van der Waals surface area contributed by atoms with Gasteiger partial charge in [-0.3, -0.25) is 0 Å². The van der Waals surface area contributed by atoms with E-state index in [9.17, 15) is 0 Å². The van der Waals surface area contributed by atoms with Crippen LogP contribution in [0.5, 0.6) is 0 Å². The van der Waals surface area contributed by atoms with Crippen LogP contribution in [0.4, 0.5) is 11.4 Å². The van der Waals surface area contributed by atoms with E-state index < -0.39 is 0 Å². The SMILES string of the molecule is CC(C)(C)c1ccc(N2B3c4cc5c(cc4-n4c6cc7c(cc6c6ccc(c3c64)-c3cc4oc6ccccc6c4cc32)oc2ccccc27)C(C)(C)c2ccccc2-5)cc1. The molecule has 0 unspecified atom stereocenters. The highest BCUT2D eigenvalue weighted by atomic mass is 16.3. The highest BCUT2D eigenvalue weighted by Gasteiger charge is 2.46. The number of para-hydroxylation sites is 2. The fourth-order valence-electron chi connectivity index (χ4n) is 11.4. The molecule has 5 heteroatoms. The average molecular weight is 771 g/mol. The number of hydrogen-bond acceptors (Lipinski definition) is 3. The first-order valence-corrected chi connectivity index (χ1v) is 21.2. The van der Waals surface area contributed by atoms with Crippen LogP contribution in [0.2, 0.25) is 0 Å². The standard InChI is InChI=1S/C55H39BN2O2/c1-54(2,3)30-18-20-31(21-19-30)58-46-26-41-34-14-8-11-17-49(34)59-50(41)27-38(46)35-22-23-36-39-28-51-40(33-13-7-10-16-48(33)60-51)25-45(39)57-47-29-43-37(24-44(47)56(58)52(35)53(36)57)32-12-6-9-15-42(32)55(43,4)5/h6-29H,1-5H3. The molecule has 0 spiro atoms. The van der Waals surface area contributed by atoms with Crippen molar-refractivity contribution in [2.75, 3.05) is 4.81 Å². The molecule has 284 valence electrons. The van der Waals surface area contributed by atoms with E-state index in [1.165, 1.54) is 88.7 Å². The van der Waals surface area contributed by atoms with E-state index in [0.717, 1.165) is 43.9 Å². The number of anilines is 2. The Balaban J connectivity index is 1.17. The van der Waals surface area contributed by atoms with Gasteiger partial charge in [0.1, 0.15) is 22.3 Å². The van der Waals surface area contributed by atoms with Crippen LogP contribution in [0.25, 0.3) is 93.6 Å². The zero-order valence-corrected chi connectivity index (χ0v) is 34.1. The minimum Gasteiger partial charge on any atom is -0.456 e. The lowest BCUT2D eigenvalue weighted by molar-refractivity contribution is 0.590. The summed E-state index contributed by atoms with van der Waals surface area (Å²) in [6.07, 6.45) is 0. The molecule has 0 saturated heterocycles. The number of rotatable bonds is 1. The molecule has 3 aliphatic rings. The monoisotopic (exact) mass is 770 g/mol. The van der Waals surface area contributed by atoms with E-state index in [4.69, 9.17) is 8.83 Å². The van der Waals surface area contributed by atoms with Crippen LogP contribution in [-0.4, -0.2) is 11.4 Å². The minimum absolute atomic E-state index is 0.0304. The molecule has 5 heterocycles. The number of hydrogen-bond donors (Lipinski definition) is 0. The van der Waals surface area contributed by atoms with Gasteiger partial charge in [0.2, 0.25) is 0 Å². The van der Waals surface area contributed by atoms with Gasteiger partial charge in [0, 0.05) is 60.4 Å². The molecule has 0 amide bonds. The third-order valence-electron chi connectivity index (χ3n) is 14.3. The quantitative estimate of drug-likeness (QED) is 0.156.